The molecule has 3 heteroatoms. The zero-order valence-electron chi connectivity index (χ0n) is 13.4. The van der Waals surface area contributed by atoms with Crippen LogP contribution in [0, 0.1) is 5.92 Å². The third-order valence-corrected chi connectivity index (χ3v) is 8.62. The normalized spacial score (nSPS) is 14.4. The minimum Gasteiger partial charge on any atom is -0.388 e. The summed E-state index contributed by atoms with van der Waals surface area (Å²) in [5.41, 5.74) is 0.885. The Morgan fingerprint density at radius 1 is 1.05 bits per heavy atom. The molecule has 0 aliphatic heterocycles. The Morgan fingerprint density at radius 3 is 2.14 bits per heavy atom. The van der Waals surface area contributed by atoms with Crippen LogP contribution in [0.3, 0.4) is 0 Å². The first kappa shape index (κ1) is 17.0. The Hall–Kier alpha value is -1.35. The minimum absolute atomic E-state index is 0.00282. The molecule has 0 aromatic heterocycles. The van der Waals surface area contributed by atoms with E-state index < -0.39 is 14.2 Å². The van der Waals surface area contributed by atoms with Gasteiger partial charge in [0.15, 0.2) is 0 Å². The van der Waals surface area contributed by atoms with E-state index in [1.54, 1.807) is 0 Å². The van der Waals surface area contributed by atoms with Crippen molar-refractivity contribution >= 4 is 24.9 Å². The van der Waals surface area contributed by atoms with E-state index in [0.717, 1.165) is 10.8 Å². The van der Waals surface area contributed by atoms with Gasteiger partial charge in [0.25, 0.3) is 0 Å². The summed E-state index contributed by atoms with van der Waals surface area (Å²) in [5, 5.41) is 13.9. The lowest BCUT2D eigenvalue weighted by atomic mass is 9.97. The fraction of sp³-hybridized carbons (Fsp3) is 0.263. The van der Waals surface area contributed by atoms with Crippen LogP contribution in [-0.2, 0) is 0 Å². The van der Waals surface area contributed by atoms with Crippen LogP contribution in [0.5, 0.6) is 0 Å². The molecule has 2 atom stereocenters. The molecule has 1 N–H and O–H groups in total. The van der Waals surface area contributed by atoms with Crippen LogP contribution in [-0.4, -0.2) is 13.2 Å². The molecule has 22 heavy (non-hydrogen) atoms. The second kappa shape index (κ2) is 6.82. The van der Waals surface area contributed by atoms with Crippen LogP contribution >= 0.6 is 11.6 Å². The molecule has 0 fully saturated rings. The summed E-state index contributed by atoms with van der Waals surface area (Å²) in [7, 11) is -1.83. The van der Waals surface area contributed by atoms with E-state index in [9.17, 15) is 5.11 Å². The molecule has 0 heterocycles. The highest BCUT2D eigenvalue weighted by atomic mass is 35.5. The highest BCUT2D eigenvalue weighted by molar-refractivity contribution is 6.95. The van der Waals surface area contributed by atoms with Crippen molar-refractivity contribution in [1.29, 1.82) is 0 Å². The number of rotatable bonds is 5. The van der Waals surface area contributed by atoms with Gasteiger partial charge in [-0.2, -0.15) is 0 Å². The van der Waals surface area contributed by atoms with Crippen molar-refractivity contribution in [3.63, 3.8) is 0 Å². The quantitative estimate of drug-likeness (QED) is 0.786. The Bertz CT molecular complexity index is 634. The third kappa shape index (κ3) is 3.51. The third-order valence-electron chi connectivity index (χ3n) is 4.53. The summed E-state index contributed by atoms with van der Waals surface area (Å²) >= 11 is 5.92. The van der Waals surface area contributed by atoms with Crippen LogP contribution in [0.15, 0.2) is 66.4 Å². The van der Waals surface area contributed by atoms with Crippen molar-refractivity contribution in [2.45, 2.75) is 26.1 Å². The average molecular weight is 331 g/mol. The van der Waals surface area contributed by atoms with Crippen molar-refractivity contribution in [3.05, 3.63) is 77.0 Å². The Morgan fingerprint density at radius 2 is 1.59 bits per heavy atom. The summed E-state index contributed by atoms with van der Waals surface area (Å²) in [6, 6.07) is 17.9. The largest absolute Gasteiger partial charge is 0.388 e. The zero-order chi connectivity index (χ0) is 16.3. The molecular formula is C19H23ClOSi. The topological polar surface area (TPSA) is 20.2 Å². The molecule has 2 rings (SSSR count). The lowest BCUT2D eigenvalue weighted by molar-refractivity contribution is 0.137. The van der Waals surface area contributed by atoms with Crippen LogP contribution in [0.2, 0.25) is 18.1 Å². The number of aliphatic hydroxyl groups is 1. The summed E-state index contributed by atoms with van der Waals surface area (Å²) in [5.74, 6) is 0.00282. The second-order valence-electron chi connectivity index (χ2n) is 6.30. The maximum Gasteiger partial charge on any atom is 0.107 e. The molecule has 0 aliphatic carbocycles. The van der Waals surface area contributed by atoms with E-state index in [4.69, 9.17) is 11.6 Å². The SMILES string of the molecule is C=C(C(C)C(O)c1ccc(Cl)cc1)[Si](C)(C)c1ccccc1. The summed E-state index contributed by atoms with van der Waals surface area (Å²) < 4.78 is 0. The summed E-state index contributed by atoms with van der Waals surface area (Å²) in [6.07, 6.45) is -0.555. The molecule has 2 aromatic carbocycles. The van der Waals surface area contributed by atoms with Crippen LogP contribution in [0.4, 0.5) is 0 Å². The smallest absolute Gasteiger partial charge is 0.107 e. The molecule has 0 radical (unpaired) electrons. The van der Waals surface area contributed by atoms with E-state index in [1.165, 1.54) is 5.19 Å². The van der Waals surface area contributed by atoms with E-state index in [0.29, 0.717) is 5.02 Å². The van der Waals surface area contributed by atoms with E-state index in [-0.39, 0.29) is 5.92 Å². The van der Waals surface area contributed by atoms with Crippen molar-refractivity contribution in [3.8, 4) is 0 Å². The lowest BCUT2D eigenvalue weighted by Crippen LogP contribution is -2.46. The van der Waals surface area contributed by atoms with Gasteiger partial charge in [0.1, 0.15) is 8.07 Å². The van der Waals surface area contributed by atoms with Gasteiger partial charge < -0.3 is 5.11 Å². The van der Waals surface area contributed by atoms with Gasteiger partial charge in [-0.1, -0.05) is 84.5 Å². The standard InChI is InChI=1S/C19H23ClOSi/c1-14(19(21)16-10-12-17(20)13-11-16)15(2)22(3,4)18-8-6-5-7-9-18/h5-14,19,21H,2H2,1,3-4H3. The molecule has 116 valence electrons. The van der Waals surface area contributed by atoms with Gasteiger partial charge in [-0.25, -0.2) is 0 Å². The van der Waals surface area contributed by atoms with Crippen molar-refractivity contribution in [2.24, 2.45) is 5.92 Å². The lowest BCUT2D eigenvalue weighted by Gasteiger charge is -2.32. The van der Waals surface area contributed by atoms with Gasteiger partial charge in [-0.05, 0) is 17.7 Å². The second-order valence-corrected chi connectivity index (χ2v) is 11.2. The van der Waals surface area contributed by atoms with Crippen LogP contribution < -0.4 is 5.19 Å². The first-order valence-electron chi connectivity index (χ1n) is 7.52. The average Bonchev–Trinajstić information content (AvgIpc) is 2.54. The molecule has 0 amide bonds. The predicted molar refractivity (Wildman–Crippen MR) is 98.3 cm³/mol. The van der Waals surface area contributed by atoms with Gasteiger partial charge in [0.05, 0.1) is 6.10 Å². The summed E-state index contributed by atoms with van der Waals surface area (Å²) in [4.78, 5) is 0. The number of hydrogen-bond donors (Lipinski definition) is 1. The molecule has 1 nitrogen and oxygen atoms in total. The zero-order valence-corrected chi connectivity index (χ0v) is 15.1. The molecule has 0 bridgehead atoms. The van der Waals surface area contributed by atoms with Gasteiger partial charge in [-0.3, -0.25) is 0 Å². The molecule has 0 saturated heterocycles. The molecule has 0 aliphatic rings. The maximum atomic E-state index is 10.7. The first-order chi connectivity index (χ1) is 10.3. The highest BCUT2D eigenvalue weighted by Crippen LogP contribution is 2.32. The Kier molecular flexibility index (Phi) is 5.27. The van der Waals surface area contributed by atoms with Crippen molar-refractivity contribution in [2.75, 3.05) is 0 Å². The van der Waals surface area contributed by atoms with E-state index in [2.05, 4.69) is 50.9 Å². The van der Waals surface area contributed by atoms with Gasteiger partial charge in [0.2, 0.25) is 0 Å². The van der Waals surface area contributed by atoms with Crippen molar-refractivity contribution < 1.29 is 5.11 Å². The fourth-order valence-electron chi connectivity index (χ4n) is 2.75. The maximum absolute atomic E-state index is 10.7. The Labute approximate surface area is 139 Å². The number of hydrogen-bond acceptors (Lipinski definition) is 1. The highest BCUT2D eigenvalue weighted by Gasteiger charge is 2.33. The first-order valence-corrected chi connectivity index (χ1v) is 10.9. The van der Waals surface area contributed by atoms with Crippen LogP contribution in [0.25, 0.3) is 0 Å². The number of halogens is 1. The minimum atomic E-state index is -1.83. The van der Waals surface area contributed by atoms with Gasteiger partial charge in [0, 0.05) is 10.9 Å². The molecule has 2 unspecified atom stereocenters. The number of aliphatic hydroxyl groups excluding tert-OH is 1. The van der Waals surface area contributed by atoms with Crippen molar-refractivity contribution in [1.82, 2.24) is 0 Å². The van der Waals surface area contributed by atoms with E-state index in [1.807, 2.05) is 30.3 Å². The van der Waals surface area contributed by atoms with Crippen LogP contribution in [0.1, 0.15) is 18.6 Å². The monoisotopic (exact) mass is 330 g/mol. The Balaban J connectivity index is 2.22. The van der Waals surface area contributed by atoms with Gasteiger partial charge in [-0.15, -0.1) is 6.58 Å². The molecular weight excluding hydrogens is 308 g/mol. The number of benzene rings is 2. The fourth-order valence-corrected chi connectivity index (χ4v) is 5.57. The summed E-state index contributed by atoms with van der Waals surface area (Å²) in [6.45, 7) is 11.0. The predicted octanol–water partition coefficient (Wildman–Crippen LogP) is 4.72. The van der Waals surface area contributed by atoms with Gasteiger partial charge >= 0.3 is 0 Å². The molecule has 0 saturated carbocycles. The van der Waals surface area contributed by atoms with E-state index >= 15 is 0 Å². The molecule has 0 spiro atoms. The molecule has 2 aromatic rings.